The first-order chi connectivity index (χ1) is 5.14. The fourth-order valence-corrected chi connectivity index (χ4v) is 1.27. The number of hydrogen-bond acceptors (Lipinski definition) is 4. The SMILES string of the molecule is CC(C)(CN)Cc1csnn1. The van der Waals surface area contributed by atoms with E-state index in [1.54, 1.807) is 0 Å². The Labute approximate surface area is 70.8 Å². The molecule has 0 saturated carbocycles. The third kappa shape index (κ3) is 2.55. The van der Waals surface area contributed by atoms with Crippen LogP contribution < -0.4 is 5.73 Å². The number of aromatic nitrogens is 2. The summed E-state index contributed by atoms with van der Waals surface area (Å²) in [5.74, 6) is 0. The topological polar surface area (TPSA) is 51.8 Å². The smallest absolute Gasteiger partial charge is 0.0761 e. The van der Waals surface area contributed by atoms with Gasteiger partial charge >= 0.3 is 0 Å². The summed E-state index contributed by atoms with van der Waals surface area (Å²) in [5, 5.41) is 5.93. The Kier molecular flexibility index (Phi) is 2.57. The third-order valence-corrected chi connectivity index (χ3v) is 2.17. The summed E-state index contributed by atoms with van der Waals surface area (Å²) in [6.07, 6.45) is 0.917. The molecule has 0 atom stereocenters. The molecular weight excluding hydrogens is 158 g/mol. The fraction of sp³-hybridized carbons (Fsp3) is 0.714. The molecule has 0 aliphatic carbocycles. The van der Waals surface area contributed by atoms with Gasteiger partial charge in [0, 0.05) is 5.38 Å². The fourth-order valence-electron chi connectivity index (χ4n) is 0.823. The molecule has 0 amide bonds. The van der Waals surface area contributed by atoms with E-state index in [0.717, 1.165) is 12.1 Å². The second-order valence-corrected chi connectivity index (χ2v) is 4.05. The average molecular weight is 171 g/mol. The van der Waals surface area contributed by atoms with E-state index in [4.69, 9.17) is 5.73 Å². The van der Waals surface area contributed by atoms with Gasteiger partial charge in [0.25, 0.3) is 0 Å². The molecule has 0 radical (unpaired) electrons. The van der Waals surface area contributed by atoms with Crippen molar-refractivity contribution in [1.82, 2.24) is 9.59 Å². The van der Waals surface area contributed by atoms with E-state index in [1.807, 2.05) is 5.38 Å². The molecule has 0 aromatic carbocycles. The van der Waals surface area contributed by atoms with Gasteiger partial charge in [-0.25, -0.2) is 0 Å². The van der Waals surface area contributed by atoms with Crippen molar-refractivity contribution in [2.24, 2.45) is 11.1 Å². The quantitative estimate of drug-likeness (QED) is 0.740. The Bertz CT molecular complexity index is 205. The molecule has 62 valence electrons. The highest BCUT2D eigenvalue weighted by Gasteiger charge is 2.17. The van der Waals surface area contributed by atoms with E-state index in [0.29, 0.717) is 6.54 Å². The Morgan fingerprint density at radius 1 is 1.64 bits per heavy atom. The Morgan fingerprint density at radius 3 is 2.82 bits per heavy atom. The molecule has 1 aromatic rings. The Morgan fingerprint density at radius 2 is 2.36 bits per heavy atom. The zero-order chi connectivity index (χ0) is 8.32. The maximum absolute atomic E-state index is 5.58. The molecule has 0 aliphatic heterocycles. The van der Waals surface area contributed by atoms with Crippen molar-refractivity contribution < 1.29 is 0 Å². The normalized spacial score (nSPS) is 11.9. The van der Waals surface area contributed by atoms with Crippen LogP contribution in [0.3, 0.4) is 0 Å². The molecule has 0 unspecified atom stereocenters. The number of nitrogens with zero attached hydrogens (tertiary/aromatic N) is 2. The largest absolute Gasteiger partial charge is 0.330 e. The van der Waals surface area contributed by atoms with Gasteiger partial charge in [0.2, 0.25) is 0 Å². The molecule has 2 N–H and O–H groups in total. The van der Waals surface area contributed by atoms with Gasteiger partial charge in [-0.05, 0) is 29.9 Å². The molecule has 3 nitrogen and oxygen atoms in total. The third-order valence-electron chi connectivity index (χ3n) is 1.62. The summed E-state index contributed by atoms with van der Waals surface area (Å²) in [5.41, 5.74) is 6.77. The summed E-state index contributed by atoms with van der Waals surface area (Å²) in [6.45, 7) is 4.95. The summed E-state index contributed by atoms with van der Waals surface area (Å²) in [6, 6.07) is 0. The average Bonchev–Trinajstić information content (AvgIpc) is 2.39. The predicted octanol–water partition coefficient (Wildman–Crippen LogP) is 1.07. The highest BCUT2D eigenvalue weighted by atomic mass is 32.1. The zero-order valence-corrected chi connectivity index (χ0v) is 7.69. The molecule has 0 fully saturated rings. The first kappa shape index (κ1) is 8.62. The van der Waals surface area contributed by atoms with Crippen LogP contribution in [0.5, 0.6) is 0 Å². The van der Waals surface area contributed by atoms with Gasteiger partial charge in [0.1, 0.15) is 0 Å². The monoisotopic (exact) mass is 171 g/mol. The predicted molar refractivity (Wildman–Crippen MR) is 46.4 cm³/mol. The lowest BCUT2D eigenvalue weighted by atomic mass is 9.88. The van der Waals surface area contributed by atoms with E-state index in [9.17, 15) is 0 Å². The zero-order valence-electron chi connectivity index (χ0n) is 6.87. The number of rotatable bonds is 3. The standard InChI is InChI=1S/C7H13N3S/c1-7(2,5-8)3-6-4-11-10-9-6/h4H,3,5,8H2,1-2H3. The molecule has 0 aliphatic rings. The molecule has 0 bridgehead atoms. The van der Waals surface area contributed by atoms with E-state index in [2.05, 4.69) is 23.4 Å². The second kappa shape index (κ2) is 3.28. The van der Waals surface area contributed by atoms with Crippen LogP contribution in [-0.2, 0) is 6.42 Å². The lowest BCUT2D eigenvalue weighted by Crippen LogP contribution is -2.26. The Hall–Kier alpha value is -0.480. The van der Waals surface area contributed by atoms with Crippen molar-refractivity contribution in [3.63, 3.8) is 0 Å². The van der Waals surface area contributed by atoms with Crippen molar-refractivity contribution >= 4 is 11.5 Å². The minimum absolute atomic E-state index is 0.149. The van der Waals surface area contributed by atoms with Gasteiger partial charge in [-0.1, -0.05) is 18.3 Å². The molecule has 1 rings (SSSR count). The van der Waals surface area contributed by atoms with E-state index in [1.165, 1.54) is 11.5 Å². The van der Waals surface area contributed by atoms with Crippen LogP contribution in [-0.4, -0.2) is 16.1 Å². The van der Waals surface area contributed by atoms with Crippen LogP contribution >= 0.6 is 11.5 Å². The number of nitrogens with two attached hydrogens (primary N) is 1. The molecular formula is C7H13N3S. The molecule has 1 aromatic heterocycles. The second-order valence-electron chi connectivity index (χ2n) is 3.44. The highest BCUT2D eigenvalue weighted by Crippen LogP contribution is 2.18. The minimum Gasteiger partial charge on any atom is -0.330 e. The van der Waals surface area contributed by atoms with E-state index in [-0.39, 0.29) is 5.41 Å². The van der Waals surface area contributed by atoms with Gasteiger partial charge in [0.15, 0.2) is 0 Å². The maximum Gasteiger partial charge on any atom is 0.0761 e. The van der Waals surface area contributed by atoms with Crippen LogP contribution in [0.25, 0.3) is 0 Å². The van der Waals surface area contributed by atoms with Gasteiger partial charge < -0.3 is 5.73 Å². The van der Waals surface area contributed by atoms with Gasteiger partial charge in [-0.3, -0.25) is 0 Å². The van der Waals surface area contributed by atoms with Crippen LogP contribution in [0.2, 0.25) is 0 Å². The first-order valence-corrected chi connectivity index (χ1v) is 4.44. The van der Waals surface area contributed by atoms with E-state index >= 15 is 0 Å². The summed E-state index contributed by atoms with van der Waals surface area (Å²) >= 11 is 1.39. The van der Waals surface area contributed by atoms with Crippen LogP contribution in [0.4, 0.5) is 0 Å². The van der Waals surface area contributed by atoms with Gasteiger partial charge in [0.05, 0.1) is 5.69 Å². The highest BCUT2D eigenvalue weighted by molar-refractivity contribution is 7.03. The van der Waals surface area contributed by atoms with Crippen LogP contribution in [0.1, 0.15) is 19.5 Å². The Balaban J connectivity index is 2.56. The van der Waals surface area contributed by atoms with Crippen molar-refractivity contribution in [3.8, 4) is 0 Å². The van der Waals surface area contributed by atoms with Crippen LogP contribution in [0.15, 0.2) is 5.38 Å². The summed E-state index contributed by atoms with van der Waals surface area (Å²) in [7, 11) is 0. The van der Waals surface area contributed by atoms with Gasteiger partial charge in [-0.2, -0.15) is 0 Å². The number of hydrogen-bond donors (Lipinski definition) is 1. The molecule has 0 saturated heterocycles. The van der Waals surface area contributed by atoms with Crippen molar-refractivity contribution in [2.75, 3.05) is 6.54 Å². The van der Waals surface area contributed by atoms with Crippen LogP contribution in [0, 0.1) is 5.41 Å². The van der Waals surface area contributed by atoms with Crippen molar-refractivity contribution in [2.45, 2.75) is 20.3 Å². The van der Waals surface area contributed by atoms with Gasteiger partial charge in [-0.15, -0.1) is 5.10 Å². The van der Waals surface area contributed by atoms with E-state index < -0.39 is 0 Å². The minimum atomic E-state index is 0.149. The maximum atomic E-state index is 5.58. The van der Waals surface area contributed by atoms with Crippen molar-refractivity contribution in [3.05, 3.63) is 11.1 Å². The molecule has 1 heterocycles. The first-order valence-electron chi connectivity index (χ1n) is 3.60. The molecule has 4 heteroatoms. The lowest BCUT2D eigenvalue weighted by molar-refractivity contribution is 0.372. The lowest BCUT2D eigenvalue weighted by Gasteiger charge is -2.20. The molecule has 0 spiro atoms. The molecule has 11 heavy (non-hydrogen) atoms. The van der Waals surface area contributed by atoms with Crippen molar-refractivity contribution in [1.29, 1.82) is 0 Å². The summed E-state index contributed by atoms with van der Waals surface area (Å²) < 4.78 is 3.79. The summed E-state index contributed by atoms with van der Waals surface area (Å²) in [4.78, 5) is 0.